The molecule has 0 heterocycles. The first-order valence-corrected chi connectivity index (χ1v) is 4.07. The second kappa shape index (κ2) is 5.06. The van der Waals surface area contributed by atoms with Crippen LogP contribution in [0.15, 0.2) is 30.3 Å². The van der Waals surface area contributed by atoms with Gasteiger partial charge in [-0.05, 0) is 12.1 Å². The van der Waals surface area contributed by atoms with Crippen LogP contribution in [0.25, 0.3) is 0 Å². The summed E-state index contributed by atoms with van der Waals surface area (Å²) in [6, 6.07) is 7.38. The number of hydrogen-bond acceptors (Lipinski definition) is 5. The van der Waals surface area contributed by atoms with Gasteiger partial charge in [-0.25, -0.2) is 4.79 Å². The smallest absolute Gasteiger partial charge is 0.420 e. The molecule has 0 spiro atoms. The van der Waals surface area contributed by atoms with Crippen molar-refractivity contribution in [3.05, 3.63) is 30.3 Å². The average Bonchev–Trinajstić information content (AvgIpc) is 2.19. The molecule has 0 unspecified atom stereocenters. The van der Waals surface area contributed by atoms with Crippen molar-refractivity contribution in [3.63, 3.8) is 0 Å². The highest BCUT2D eigenvalue weighted by Crippen LogP contribution is 2.20. The summed E-state index contributed by atoms with van der Waals surface area (Å²) in [5.74, 6) is -1.91. The van der Waals surface area contributed by atoms with E-state index in [-0.39, 0.29) is 5.75 Å². The molecular formula is C8H6F2O4S. The third-order valence-electron chi connectivity index (χ3n) is 1.33. The Morgan fingerprint density at radius 1 is 1.27 bits per heavy atom. The Morgan fingerprint density at radius 3 is 2.40 bits per heavy atom. The van der Waals surface area contributed by atoms with E-state index in [1.165, 1.54) is 24.3 Å². The molecule has 0 bridgehead atoms. The molecule has 15 heavy (non-hydrogen) atoms. The van der Waals surface area contributed by atoms with Gasteiger partial charge in [-0.15, -0.1) is 4.89 Å². The number of carbonyl (C=O) groups is 1. The molecule has 0 aliphatic rings. The Hall–Kier alpha value is -1.18. The van der Waals surface area contributed by atoms with Crippen LogP contribution in [0.3, 0.4) is 0 Å². The molecule has 7 heteroatoms. The van der Waals surface area contributed by atoms with Crippen LogP contribution in [-0.4, -0.2) is 12.1 Å². The normalized spacial score (nSPS) is 11.1. The summed E-state index contributed by atoms with van der Waals surface area (Å²) < 4.78 is 33.0. The molecule has 1 rings (SSSR count). The number of para-hydroxylation sites is 1. The highest BCUT2D eigenvalue weighted by Gasteiger charge is 2.44. The SMILES string of the molecule is O=C(Oc1ccccc1)C(F)(F)OOS. The summed E-state index contributed by atoms with van der Waals surface area (Å²) in [7, 11) is 0. The van der Waals surface area contributed by atoms with Crippen LogP contribution in [0.4, 0.5) is 8.78 Å². The number of rotatable bonds is 4. The molecule has 0 N–H and O–H groups in total. The number of halogens is 2. The molecule has 0 radical (unpaired) electrons. The molecule has 1 aromatic rings. The quantitative estimate of drug-likeness (QED) is 0.217. The van der Waals surface area contributed by atoms with Crippen LogP contribution < -0.4 is 4.74 Å². The van der Waals surface area contributed by atoms with Crippen molar-refractivity contribution < 1.29 is 27.5 Å². The van der Waals surface area contributed by atoms with Crippen molar-refractivity contribution in [2.75, 3.05) is 0 Å². The zero-order valence-electron chi connectivity index (χ0n) is 7.22. The molecule has 0 amide bonds. The molecule has 0 saturated heterocycles. The van der Waals surface area contributed by atoms with E-state index in [0.717, 1.165) is 0 Å². The predicted octanol–water partition coefficient (Wildman–Crippen LogP) is 1.98. The van der Waals surface area contributed by atoms with Gasteiger partial charge in [-0.2, -0.15) is 13.1 Å². The topological polar surface area (TPSA) is 44.8 Å². The number of esters is 1. The first-order chi connectivity index (χ1) is 7.06. The lowest BCUT2D eigenvalue weighted by molar-refractivity contribution is -0.366. The molecule has 82 valence electrons. The van der Waals surface area contributed by atoms with E-state index in [9.17, 15) is 13.6 Å². The molecule has 1 aromatic carbocycles. The van der Waals surface area contributed by atoms with Gasteiger partial charge in [0.1, 0.15) is 5.75 Å². The maximum absolute atomic E-state index is 12.6. The summed E-state index contributed by atoms with van der Waals surface area (Å²) in [5, 5.41) is 0. The van der Waals surface area contributed by atoms with Crippen LogP contribution in [0.1, 0.15) is 0 Å². The molecular weight excluding hydrogens is 230 g/mol. The fourth-order valence-corrected chi connectivity index (χ4v) is 0.829. The van der Waals surface area contributed by atoms with E-state index in [2.05, 4.69) is 26.9 Å². The summed E-state index contributed by atoms with van der Waals surface area (Å²) in [6.45, 7) is 0. The molecule has 0 atom stereocenters. The maximum atomic E-state index is 12.6. The van der Waals surface area contributed by atoms with Gasteiger partial charge in [-0.1, -0.05) is 18.2 Å². The number of carbonyl (C=O) groups excluding carboxylic acids is 1. The van der Waals surface area contributed by atoms with Gasteiger partial charge in [0.25, 0.3) is 0 Å². The molecule has 0 aromatic heterocycles. The van der Waals surface area contributed by atoms with Gasteiger partial charge in [0, 0.05) is 12.9 Å². The average molecular weight is 236 g/mol. The largest absolute Gasteiger partial charge is 0.483 e. The maximum Gasteiger partial charge on any atom is 0.483 e. The van der Waals surface area contributed by atoms with Gasteiger partial charge >= 0.3 is 12.1 Å². The fourth-order valence-electron chi connectivity index (χ4n) is 0.736. The van der Waals surface area contributed by atoms with Crippen molar-refractivity contribution in [1.82, 2.24) is 0 Å². The fraction of sp³-hybridized carbons (Fsp3) is 0.125. The molecule has 0 fully saturated rings. The summed E-state index contributed by atoms with van der Waals surface area (Å²) in [5.41, 5.74) is 0. The molecule has 0 aliphatic carbocycles. The summed E-state index contributed by atoms with van der Waals surface area (Å²) in [6.07, 6.45) is -4.20. The van der Waals surface area contributed by atoms with Gasteiger partial charge < -0.3 is 4.74 Å². The Bertz CT molecular complexity index is 331. The minimum Gasteiger partial charge on any atom is -0.420 e. The minimum absolute atomic E-state index is 0.0232. The Kier molecular flexibility index (Phi) is 4.01. The van der Waals surface area contributed by atoms with E-state index >= 15 is 0 Å². The lowest BCUT2D eigenvalue weighted by Gasteiger charge is -2.11. The first kappa shape index (κ1) is 11.9. The lowest BCUT2D eigenvalue weighted by atomic mass is 10.3. The zero-order chi connectivity index (χ0) is 11.3. The predicted molar refractivity (Wildman–Crippen MR) is 48.2 cm³/mol. The van der Waals surface area contributed by atoms with Crippen LogP contribution in [0.5, 0.6) is 5.75 Å². The second-order valence-corrected chi connectivity index (χ2v) is 2.53. The Labute approximate surface area is 89.3 Å². The number of hydrogen-bond donors (Lipinski definition) is 1. The van der Waals surface area contributed by atoms with Gasteiger partial charge in [0.05, 0.1) is 0 Å². The molecule has 0 aliphatic heterocycles. The molecule has 4 nitrogen and oxygen atoms in total. The number of ether oxygens (including phenoxy) is 1. The highest BCUT2D eigenvalue weighted by atomic mass is 32.1. The van der Waals surface area contributed by atoms with E-state index in [1.54, 1.807) is 6.07 Å². The third-order valence-corrected chi connectivity index (χ3v) is 1.41. The number of alkyl halides is 2. The van der Waals surface area contributed by atoms with Crippen molar-refractivity contribution in [1.29, 1.82) is 0 Å². The standard InChI is InChI=1S/C8H6F2O4S/c9-8(10,13-14-15)7(11)12-6-4-2-1-3-5-6/h1-5,15H. The first-order valence-electron chi connectivity index (χ1n) is 3.70. The summed E-state index contributed by atoms with van der Waals surface area (Å²) >= 11 is 2.92. The van der Waals surface area contributed by atoms with E-state index in [4.69, 9.17) is 0 Å². The van der Waals surface area contributed by atoms with Crippen molar-refractivity contribution >= 4 is 18.9 Å². The lowest BCUT2D eigenvalue weighted by Crippen LogP contribution is -2.35. The Morgan fingerprint density at radius 2 is 1.87 bits per heavy atom. The van der Waals surface area contributed by atoms with Crippen molar-refractivity contribution in [2.24, 2.45) is 0 Å². The van der Waals surface area contributed by atoms with Crippen molar-refractivity contribution in [3.8, 4) is 5.75 Å². The number of thiol groups is 1. The minimum atomic E-state index is -4.20. The third kappa shape index (κ3) is 3.46. The summed E-state index contributed by atoms with van der Waals surface area (Å²) in [4.78, 5) is 14.1. The van der Waals surface area contributed by atoms with Crippen LogP contribution in [-0.2, 0) is 14.0 Å². The molecule has 0 saturated carbocycles. The van der Waals surface area contributed by atoms with E-state index in [1.807, 2.05) is 0 Å². The van der Waals surface area contributed by atoms with Crippen molar-refractivity contribution in [2.45, 2.75) is 6.11 Å². The van der Waals surface area contributed by atoms with E-state index < -0.39 is 12.1 Å². The van der Waals surface area contributed by atoms with Gasteiger partial charge in [0.15, 0.2) is 0 Å². The van der Waals surface area contributed by atoms with Crippen LogP contribution in [0.2, 0.25) is 0 Å². The van der Waals surface area contributed by atoms with Crippen LogP contribution in [0, 0.1) is 0 Å². The van der Waals surface area contributed by atoms with Gasteiger partial charge in [0.2, 0.25) is 0 Å². The highest BCUT2D eigenvalue weighted by molar-refractivity contribution is 7.74. The second-order valence-electron chi connectivity index (χ2n) is 2.38. The van der Waals surface area contributed by atoms with Gasteiger partial charge in [-0.3, -0.25) is 0 Å². The zero-order valence-corrected chi connectivity index (χ0v) is 8.12. The number of benzene rings is 1. The Balaban J connectivity index is 2.63. The van der Waals surface area contributed by atoms with E-state index in [0.29, 0.717) is 0 Å². The monoisotopic (exact) mass is 236 g/mol. The van der Waals surface area contributed by atoms with Crippen LogP contribution >= 0.6 is 12.9 Å².